The van der Waals surface area contributed by atoms with E-state index in [2.05, 4.69) is 24.1 Å². The van der Waals surface area contributed by atoms with E-state index < -0.39 is 5.60 Å². The number of hydrogen-bond donors (Lipinski definition) is 1. The molecule has 0 aromatic rings. The fourth-order valence-electron chi connectivity index (χ4n) is 3.42. The zero-order valence-corrected chi connectivity index (χ0v) is 14.8. The Morgan fingerprint density at radius 3 is 2.41 bits per heavy atom. The number of carbonyl (C=O) groups excluding carboxylic acids is 1. The molecule has 1 saturated heterocycles. The summed E-state index contributed by atoms with van der Waals surface area (Å²) in [6, 6.07) is 0.875. The van der Waals surface area contributed by atoms with Crippen molar-refractivity contribution in [2.45, 2.75) is 83.6 Å². The van der Waals surface area contributed by atoms with E-state index in [4.69, 9.17) is 9.47 Å². The molecular formula is C17H32N2O3. The number of rotatable bonds is 2. The van der Waals surface area contributed by atoms with E-state index in [1.54, 1.807) is 0 Å². The average molecular weight is 312 g/mol. The second kappa shape index (κ2) is 6.75. The lowest BCUT2D eigenvalue weighted by Gasteiger charge is -2.44. The SMILES string of the molecule is CC(C)(C)OC(=O)NC1CCC(N2CCOC(C)(C)C2)CC1. The zero-order valence-electron chi connectivity index (χ0n) is 14.8. The molecule has 0 atom stereocenters. The number of nitrogens with one attached hydrogen (secondary N) is 1. The molecule has 0 bridgehead atoms. The average Bonchev–Trinajstić information content (AvgIpc) is 2.36. The first-order valence-corrected chi connectivity index (χ1v) is 8.52. The minimum absolute atomic E-state index is 0.0378. The van der Waals surface area contributed by atoms with Crippen molar-refractivity contribution in [1.29, 1.82) is 0 Å². The van der Waals surface area contributed by atoms with Crippen LogP contribution in [0.5, 0.6) is 0 Å². The summed E-state index contributed by atoms with van der Waals surface area (Å²) in [7, 11) is 0. The van der Waals surface area contributed by atoms with Crippen molar-refractivity contribution in [2.75, 3.05) is 19.7 Å². The number of amides is 1. The Morgan fingerprint density at radius 1 is 1.23 bits per heavy atom. The molecule has 0 aromatic heterocycles. The van der Waals surface area contributed by atoms with E-state index in [1.165, 1.54) is 0 Å². The van der Waals surface area contributed by atoms with Crippen LogP contribution in [-0.2, 0) is 9.47 Å². The van der Waals surface area contributed by atoms with Crippen molar-refractivity contribution < 1.29 is 14.3 Å². The van der Waals surface area contributed by atoms with Gasteiger partial charge in [-0.25, -0.2) is 4.79 Å². The maximum Gasteiger partial charge on any atom is 0.407 e. The number of hydrogen-bond acceptors (Lipinski definition) is 4. The van der Waals surface area contributed by atoms with Gasteiger partial charge in [0, 0.05) is 25.2 Å². The third-order valence-corrected chi connectivity index (χ3v) is 4.39. The van der Waals surface area contributed by atoms with Crippen molar-refractivity contribution in [3.05, 3.63) is 0 Å². The van der Waals surface area contributed by atoms with Crippen LogP contribution >= 0.6 is 0 Å². The van der Waals surface area contributed by atoms with Crippen molar-refractivity contribution in [1.82, 2.24) is 10.2 Å². The minimum atomic E-state index is -0.430. The van der Waals surface area contributed by atoms with E-state index in [0.717, 1.165) is 45.4 Å². The Labute approximate surface area is 134 Å². The van der Waals surface area contributed by atoms with E-state index in [1.807, 2.05) is 20.8 Å². The van der Waals surface area contributed by atoms with E-state index >= 15 is 0 Å². The third kappa shape index (κ3) is 5.43. The summed E-state index contributed by atoms with van der Waals surface area (Å²) in [4.78, 5) is 14.4. The van der Waals surface area contributed by atoms with Crippen LogP contribution in [0, 0.1) is 0 Å². The molecule has 2 aliphatic rings. The van der Waals surface area contributed by atoms with Crippen molar-refractivity contribution in [2.24, 2.45) is 0 Å². The summed E-state index contributed by atoms with van der Waals surface area (Å²) in [5, 5.41) is 3.01. The molecular weight excluding hydrogens is 280 g/mol. The van der Waals surface area contributed by atoms with Crippen LogP contribution < -0.4 is 5.32 Å². The number of morpholine rings is 1. The van der Waals surface area contributed by atoms with Crippen LogP contribution in [0.25, 0.3) is 0 Å². The van der Waals surface area contributed by atoms with Crippen LogP contribution in [0.3, 0.4) is 0 Å². The van der Waals surface area contributed by atoms with Crippen LogP contribution in [-0.4, -0.2) is 54.0 Å². The maximum absolute atomic E-state index is 11.8. The topological polar surface area (TPSA) is 50.8 Å². The maximum atomic E-state index is 11.8. The molecule has 22 heavy (non-hydrogen) atoms. The first kappa shape index (κ1) is 17.5. The van der Waals surface area contributed by atoms with Gasteiger partial charge in [0.1, 0.15) is 5.60 Å². The van der Waals surface area contributed by atoms with Gasteiger partial charge in [-0.2, -0.15) is 0 Å². The van der Waals surface area contributed by atoms with Gasteiger partial charge in [-0.3, -0.25) is 4.90 Å². The van der Waals surface area contributed by atoms with Crippen molar-refractivity contribution >= 4 is 6.09 Å². The fraction of sp³-hybridized carbons (Fsp3) is 0.941. The smallest absolute Gasteiger partial charge is 0.407 e. The normalized spacial score (nSPS) is 29.9. The second-order valence-corrected chi connectivity index (χ2v) is 8.23. The van der Waals surface area contributed by atoms with Gasteiger partial charge in [-0.05, 0) is 60.3 Å². The number of ether oxygens (including phenoxy) is 2. The Bertz CT molecular complexity index is 382. The number of nitrogens with zero attached hydrogens (tertiary/aromatic N) is 1. The van der Waals surface area contributed by atoms with Gasteiger partial charge < -0.3 is 14.8 Å². The molecule has 1 aliphatic carbocycles. The summed E-state index contributed by atoms with van der Waals surface area (Å²) in [6.45, 7) is 12.9. The van der Waals surface area contributed by atoms with Gasteiger partial charge in [0.25, 0.3) is 0 Å². The second-order valence-electron chi connectivity index (χ2n) is 8.23. The Hall–Kier alpha value is -0.810. The van der Waals surface area contributed by atoms with E-state index in [-0.39, 0.29) is 17.7 Å². The summed E-state index contributed by atoms with van der Waals surface area (Å²) in [6.07, 6.45) is 4.04. The van der Waals surface area contributed by atoms with Crippen LogP contribution in [0.1, 0.15) is 60.3 Å². The van der Waals surface area contributed by atoms with Crippen LogP contribution in [0.4, 0.5) is 4.79 Å². The molecule has 128 valence electrons. The molecule has 1 aliphatic heterocycles. The zero-order chi connectivity index (χ0) is 16.4. The van der Waals surface area contributed by atoms with Gasteiger partial charge in [-0.15, -0.1) is 0 Å². The van der Waals surface area contributed by atoms with Gasteiger partial charge in [0.05, 0.1) is 12.2 Å². The lowest BCUT2D eigenvalue weighted by Crippen LogP contribution is -2.53. The number of carbonyl (C=O) groups is 1. The molecule has 1 N–H and O–H groups in total. The summed E-state index contributed by atoms with van der Waals surface area (Å²) in [5.41, 5.74) is -0.468. The van der Waals surface area contributed by atoms with Gasteiger partial charge in [-0.1, -0.05) is 0 Å². The predicted molar refractivity (Wildman–Crippen MR) is 87.0 cm³/mol. The van der Waals surface area contributed by atoms with Crippen LogP contribution in [0.2, 0.25) is 0 Å². The highest BCUT2D eigenvalue weighted by molar-refractivity contribution is 5.68. The van der Waals surface area contributed by atoms with Gasteiger partial charge in [0.15, 0.2) is 0 Å². The standard InChI is InChI=1S/C17H32N2O3/c1-16(2,3)22-15(20)18-13-6-8-14(9-7-13)19-10-11-21-17(4,5)12-19/h13-14H,6-12H2,1-5H3,(H,18,20). The molecule has 2 rings (SSSR count). The largest absolute Gasteiger partial charge is 0.444 e. The van der Waals surface area contributed by atoms with E-state index in [9.17, 15) is 4.79 Å². The Kier molecular flexibility index (Phi) is 5.38. The van der Waals surface area contributed by atoms with Gasteiger partial charge in [0.2, 0.25) is 0 Å². The highest BCUT2D eigenvalue weighted by Crippen LogP contribution is 2.27. The molecule has 1 saturated carbocycles. The van der Waals surface area contributed by atoms with E-state index in [0.29, 0.717) is 6.04 Å². The van der Waals surface area contributed by atoms with Crippen molar-refractivity contribution in [3.8, 4) is 0 Å². The number of alkyl carbamates (subject to hydrolysis) is 1. The quantitative estimate of drug-likeness (QED) is 0.852. The molecule has 1 heterocycles. The monoisotopic (exact) mass is 312 g/mol. The fourth-order valence-corrected chi connectivity index (χ4v) is 3.42. The van der Waals surface area contributed by atoms with Crippen molar-refractivity contribution in [3.63, 3.8) is 0 Å². The Balaban J connectivity index is 1.75. The first-order chi connectivity index (χ1) is 10.1. The Morgan fingerprint density at radius 2 is 1.86 bits per heavy atom. The molecule has 2 fully saturated rings. The lowest BCUT2D eigenvalue weighted by molar-refractivity contribution is -0.101. The molecule has 0 spiro atoms. The highest BCUT2D eigenvalue weighted by atomic mass is 16.6. The molecule has 0 aromatic carbocycles. The first-order valence-electron chi connectivity index (χ1n) is 8.52. The highest BCUT2D eigenvalue weighted by Gasteiger charge is 2.33. The summed E-state index contributed by atoms with van der Waals surface area (Å²) < 4.78 is 11.1. The summed E-state index contributed by atoms with van der Waals surface area (Å²) in [5.74, 6) is 0. The molecule has 0 unspecified atom stereocenters. The molecule has 5 heteroatoms. The molecule has 1 amide bonds. The molecule has 0 radical (unpaired) electrons. The van der Waals surface area contributed by atoms with Gasteiger partial charge >= 0.3 is 6.09 Å². The predicted octanol–water partition coefficient (Wildman–Crippen LogP) is 2.93. The summed E-state index contributed by atoms with van der Waals surface area (Å²) >= 11 is 0. The minimum Gasteiger partial charge on any atom is -0.444 e. The molecule has 5 nitrogen and oxygen atoms in total. The third-order valence-electron chi connectivity index (χ3n) is 4.39. The van der Waals surface area contributed by atoms with Crippen LogP contribution in [0.15, 0.2) is 0 Å². The lowest BCUT2D eigenvalue weighted by atomic mass is 9.89.